The van der Waals surface area contributed by atoms with Crippen LogP contribution in [-0.2, 0) is 5.60 Å². The summed E-state index contributed by atoms with van der Waals surface area (Å²) in [6.07, 6.45) is 3.28. The zero-order chi connectivity index (χ0) is 14.3. The predicted octanol–water partition coefficient (Wildman–Crippen LogP) is 3.48. The molecule has 0 aromatic heterocycles. The van der Waals surface area contributed by atoms with Crippen molar-refractivity contribution in [1.29, 1.82) is 0 Å². The van der Waals surface area contributed by atoms with Gasteiger partial charge < -0.3 is 10.2 Å². The molecule has 0 unspecified atom stereocenters. The standard InChI is InChI=1S/C18H22O2/c19-15-9-3-8-14-18(20,16-10-4-1-5-11-16)17-12-6-2-7-13-17/h1-2,4-7,10-13,19-20H,3,8-9,14-15H2. The van der Waals surface area contributed by atoms with Crippen LogP contribution in [0.25, 0.3) is 0 Å². The van der Waals surface area contributed by atoms with E-state index in [1.807, 2.05) is 60.7 Å². The van der Waals surface area contributed by atoms with E-state index in [1.165, 1.54) is 0 Å². The Morgan fingerprint density at radius 1 is 0.700 bits per heavy atom. The van der Waals surface area contributed by atoms with Gasteiger partial charge in [0.1, 0.15) is 5.60 Å². The number of hydrogen-bond donors (Lipinski definition) is 2. The lowest BCUT2D eigenvalue weighted by Crippen LogP contribution is -2.27. The maximum Gasteiger partial charge on any atom is 0.115 e. The zero-order valence-corrected chi connectivity index (χ0v) is 11.7. The first-order valence-corrected chi connectivity index (χ1v) is 7.21. The molecule has 0 bridgehead atoms. The van der Waals surface area contributed by atoms with E-state index < -0.39 is 5.60 Å². The van der Waals surface area contributed by atoms with Gasteiger partial charge in [0.15, 0.2) is 0 Å². The van der Waals surface area contributed by atoms with Gasteiger partial charge in [-0.1, -0.05) is 67.1 Å². The summed E-state index contributed by atoms with van der Waals surface area (Å²) in [6, 6.07) is 19.6. The summed E-state index contributed by atoms with van der Waals surface area (Å²) in [5.41, 5.74) is 0.906. The highest BCUT2D eigenvalue weighted by Gasteiger charge is 2.30. The Kier molecular flexibility index (Phi) is 5.33. The molecule has 2 nitrogen and oxygen atoms in total. The topological polar surface area (TPSA) is 40.5 Å². The van der Waals surface area contributed by atoms with Crippen molar-refractivity contribution in [2.75, 3.05) is 6.61 Å². The van der Waals surface area contributed by atoms with E-state index >= 15 is 0 Å². The molecule has 2 aromatic rings. The Bertz CT molecular complexity index is 454. The van der Waals surface area contributed by atoms with Gasteiger partial charge in [-0.05, 0) is 30.4 Å². The highest BCUT2D eigenvalue weighted by Crippen LogP contribution is 2.34. The molecular weight excluding hydrogens is 248 g/mol. The van der Waals surface area contributed by atoms with Crippen LogP contribution in [0.3, 0.4) is 0 Å². The van der Waals surface area contributed by atoms with Crippen molar-refractivity contribution in [3.05, 3.63) is 71.8 Å². The molecule has 0 fully saturated rings. The third-order valence-corrected chi connectivity index (χ3v) is 3.70. The third-order valence-electron chi connectivity index (χ3n) is 3.70. The molecular formula is C18H22O2. The molecule has 2 N–H and O–H groups in total. The van der Waals surface area contributed by atoms with E-state index in [0.29, 0.717) is 6.42 Å². The largest absolute Gasteiger partial charge is 0.396 e. The summed E-state index contributed by atoms with van der Waals surface area (Å²) < 4.78 is 0. The van der Waals surface area contributed by atoms with Crippen LogP contribution in [-0.4, -0.2) is 16.8 Å². The van der Waals surface area contributed by atoms with E-state index in [2.05, 4.69) is 0 Å². The minimum absolute atomic E-state index is 0.217. The van der Waals surface area contributed by atoms with Crippen LogP contribution < -0.4 is 0 Å². The van der Waals surface area contributed by atoms with Crippen molar-refractivity contribution in [1.82, 2.24) is 0 Å². The molecule has 0 saturated carbocycles. The molecule has 0 aliphatic rings. The first-order chi connectivity index (χ1) is 9.77. The van der Waals surface area contributed by atoms with Crippen LogP contribution >= 0.6 is 0 Å². The lowest BCUT2D eigenvalue weighted by molar-refractivity contribution is 0.0674. The predicted molar refractivity (Wildman–Crippen MR) is 81.4 cm³/mol. The Hall–Kier alpha value is -1.64. The molecule has 0 radical (unpaired) electrons. The lowest BCUT2D eigenvalue weighted by Gasteiger charge is -2.29. The molecule has 0 spiro atoms. The Morgan fingerprint density at radius 3 is 1.65 bits per heavy atom. The first kappa shape index (κ1) is 14.8. The maximum atomic E-state index is 11.2. The van der Waals surface area contributed by atoms with Crippen molar-refractivity contribution in [2.24, 2.45) is 0 Å². The second-order valence-electron chi connectivity index (χ2n) is 5.13. The first-order valence-electron chi connectivity index (χ1n) is 7.21. The van der Waals surface area contributed by atoms with Crippen molar-refractivity contribution >= 4 is 0 Å². The summed E-state index contributed by atoms with van der Waals surface area (Å²) in [5.74, 6) is 0. The van der Waals surface area contributed by atoms with Gasteiger partial charge in [0, 0.05) is 6.61 Å². The number of unbranched alkanes of at least 4 members (excludes halogenated alkanes) is 2. The van der Waals surface area contributed by atoms with E-state index in [-0.39, 0.29) is 6.61 Å². The minimum atomic E-state index is -0.946. The smallest absolute Gasteiger partial charge is 0.115 e. The zero-order valence-electron chi connectivity index (χ0n) is 11.7. The lowest BCUT2D eigenvalue weighted by atomic mass is 9.82. The highest BCUT2D eigenvalue weighted by atomic mass is 16.3. The average molecular weight is 270 g/mol. The fourth-order valence-corrected chi connectivity index (χ4v) is 2.55. The van der Waals surface area contributed by atoms with Crippen molar-refractivity contribution in [3.8, 4) is 0 Å². The molecule has 0 saturated heterocycles. The summed E-state index contributed by atoms with van der Waals surface area (Å²) in [5, 5.41) is 20.1. The quantitative estimate of drug-likeness (QED) is 0.756. The van der Waals surface area contributed by atoms with Gasteiger partial charge >= 0.3 is 0 Å². The molecule has 2 rings (SSSR count). The summed E-state index contributed by atoms with van der Waals surface area (Å²) >= 11 is 0. The van der Waals surface area contributed by atoms with Gasteiger partial charge in [-0.15, -0.1) is 0 Å². The molecule has 0 aliphatic carbocycles. The molecule has 0 aliphatic heterocycles. The molecule has 2 heteroatoms. The average Bonchev–Trinajstić information content (AvgIpc) is 2.53. The summed E-state index contributed by atoms with van der Waals surface area (Å²) in [4.78, 5) is 0. The summed E-state index contributed by atoms with van der Waals surface area (Å²) in [6.45, 7) is 0.217. The third kappa shape index (κ3) is 3.47. The molecule has 20 heavy (non-hydrogen) atoms. The number of aliphatic hydroxyl groups excluding tert-OH is 1. The van der Waals surface area contributed by atoms with Crippen LogP contribution in [0, 0.1) is 0 Å². The number of hydrogen-bond acceptors (Lipinski definition) is 2. The van der Waals surface area contributed by atoms with Gasteiger partial charge in [-0.2, -0.15) is 0 Å². The second kappa shape index (κ2) is 7.22. The van der Waals surface area contributed by atoms with Crippen molar-refractivity contribution in [2.45, 2.75) is 31.3 Å². The second-order valence-corrected chi connectivity index (χ2v) is 5.13. The van der Waals surface area contributed by atoms with Gasteiger partial charge in [-0.3, -0.25) is 0 Å². The molecule has 0 heterocycles. The van der Waals surface area contributed by atoms with Gasteiger partial charge in [-0.25, -0.2) is 0 Å². The van der Waals surface area contributed by atoms with Crippen LogP contribution in [0.2, 0.25) is 0 Å². The monoisotopic (exact) mass is 270 g/mol. The minimum Gasteiger partial charge on any atom is -0.396 e. The number of aliphatic hydroxyl groups is 2. The molecule has 0 amide bonds. The van der Waals surface area contributed by atoms with Gasteiger partial charge in [0.25, 0.3) is 0 Å². The van der Waals surface area contributed by atoms with E-state index in [1.54, 1.807) is 0 Å². The van der Waals surface area contributed by atoms with Crippen LogP contribution in [0.4, 0.5) is 0 Å². The van der Waals surface area contributed by atoms with Crippen LogP contribution in [0.1, 0.15) is 36.8 Å². The Balaban J connectivity index is 2.24. The van der Waals surface area contributed by atoms with Gasteiger partial charge in [0.2, 0.25) is 0 Å². The molecule has 2 aromatic carbocycles. The normalized spacial score (nSPS) is 11.5. The summed E-state index contributed by atoms with van der Waals surface area (Å²) in [7, 11) is 0. The fourth-order valence-electron chi connectivity index (χ4n) is 2.55. The van der Waals surface area contributed by atoms with Crippen molar-refractivity contribution < 1.29 is 10.2 Å². The van der Waals surface area contributed by atoms with E-state index in [4.69, 9.17) is 5.11 Å². The number of benzene rings is 2. The SMILES string of the molecule is OCCCCCC(O)(c1ccccc1)c1ccccc1. The van der Waals surface area contributed by atoms with Gasteiger partial charge in [0.05, 0.1) is 0 Å². The van der Waals surface area contributed by atoms with E-state index in [9.17, 15) is 5.11 Å². The number of rotatable bonds is 7. The maximum absolute atomic E-state index is 11.2. The van der Waals surface area contributed by atoms with Crippen LogP contribution in [0.5, 0.6) is 0 Å². The van der Waals surface area contributed by atoms with E-state index in [0.717, 1.165) is 30.4 Å². The fraction of sp³-hybridized carbons (Fsp3) is 0.333. The molecule has 0 atom stereocenters. The molecule has 106 valence electrons. The Labute approximate surface area is 120 Å². The van der Waals surface area contributed by atoms with Crippen LogP contribution in [0.15, 0.2) is 60.7 Å². The van der Waals surface area contributed by atoms with Crippen molar-refractivity contribution in [3.63, 3.8) is 0 Å². The Morgan fingerprint density at radius 2 is 1.20 bits per heavy atom. The highest BCUT2D eigenvalue weighted by molar-refractivity contribution is 5.35.